The number of amides is 2. The van der Waals surface area contributed by atoms with Gasteiger partial charge in [0.25, 0.3) is 0 Å². The summed E-state index contributed by atoms with van der Waals surface area (Å²) in [4.78, 5) is 28.7. The SMILES string of the molecule is O=CNCCN(C=O)CCNCCN1C=NCC1. The predicted octanol–water partition coefficient (Wildman–Crippen LogP) is -1.88. The summed E-state index contributed by atoms with van der Waals surface area (Å²) < 4.78 is 0. The van der Waals surface area contributed by atoms with Crippen LogP contribution >= 0.6 is 0 Å². The first-order chi connectivity index (χ1) is 8.86. The highest BCUT2D eigenvalue weighted by atomic mass is 16.1. The van der Waals surface area contributed by atoms with Crippen LogP contribution in [0.4, 0.5) is 0 Å². The van der Waals surface area contributed by atoms with Gasteiger partial charge in [0.15, 0.2) is 0 Å². The van der Waals surface area contributed by atoms with E-state index in [0.717, 1.165) is 39.1 Å². The first-order valence-electron chi connectivity index (χ1n) is 6.18. The molecular weight excluding hydrogens is 234 g/mol. The van der Waals surface area contributed by atoms with Crippen LogP contribution in [0.15, 0.2) is 4.99 Å². The van der Waals surface area contributed by atoms with E-state index in [0.29, 0.717) is 26.0 Å². The van der Waals surface area contributed by atoms with Crippen LogP contribution in [0.1, 0.15) is 0 Å². The second-order valence-electron chi connectivity index (χ2n) is 4.02. The van der Waals surface area contributed by atoms with Gasteiger partial charge in [-0.2, -0.15) is 0 Å². The van der Waals surface area contributed by atoms with Gasteiger partial charge in [-0.3, -0.25) is 14.6 Å². The largest absolute Gasteiger partial charge is 0.360 e. The topological polar surface area (TPSA) is 77.0 Å². The molecule has 0 radical (unpaired) electrons. The monoisotopic (exact) mass is 255 g/mol. The first kappa shape index (κ1) is 14.4. The van der Waals surface area contributed by atoms with Crippen molar-refractivity contribution in [2.75, 3.05) is 52.4 Å². The average molecular weight is 255 g/mol. The molecule has 1 heterocycles. The van der Waals surface area contributed by atoms with Crippen LogP contribution in [-0.2, 0) is 9.59 Å². The van der Waals surface area contributed by atoms with E-state index in [-0.39, 0.29) is 0 Å². The van der Waals surface area contributed by atoms with Crippen molar-refractivity contribution >= 4 is 19.2 Å². The molecule has 102 valence electrons. The molecule has 0 aromatic carbocycles. The van der Waals surface area contributed by atoms with Crippen molar-refractivity contribution in [3.63, 3.8) is 0 Å². The number of hydrogen-bond donors (Lipinski definition) is 2. The Morgan fingerprint density at radius 1 is 1.28 bits per heavy atom. The first-order valence-corrected chi connectivity index (χ1v) is 6.18. The highest BCUT2D eigenvalue weighted by molar-refractivity contribution is 5.56. The van der Waals surface area contributed by atoms with Crippen LogP contribution < -0.4 is 10.6 Å². The number of aliphatic imine (C=N–C) groups is 1. The fourth-order valence-electron chi connectivity index (χ4n) is 1.64. The van der Waals surface area contributed by atoms with Gasteiger partial charge in [-0.1, -0.05) is 0 Å². The summed E-state index contributed by atoms with van der Waals surface area (Å²) in [5.74, 6) is 0. The van der Waals surface area contributed by atoms with E-state index in [2.05, 4.69) is 20.5 Å². The van der Waals surface area contributed by atoms with Gasteiger partial charge in [0.1, 0.15) is 0 Å². The van der Waals surface area contributed by atoms with E-state index in [1.165, 1.54) is 0 Å². The highest BCUT2D eigenvalue weighted by Gasteiger charge is 2.04. The lowest BCUT2D eigenvalue weighted by Gasteiger charge is -2.18. The van der Waals surface area contributed by atoms with Crippen LogP contribution in [0.2, 0.25) is 0 Å². The van der Waals surface area contributed by atoms with Gasteiger partial charge in [0.2, 0.25) is 12.8 Å². The molecule has 7 nitrogen and oxygen atoms in total. The van der Waals surface area contributed by atoms with Crippen molar-refractivity contribution in [2.45, 2.75) is 0 Å². The molecule has 0 fully saturated rings. The standard InChI is InChI=1S/C11H21N5O2/c17-10-14-4-8-16(11-18)7-2-12-1-5-15-6-3-13-9-15/h9-12H,1-8H2,(H,14,17). The molecule has 0 aliphatic carbocycles. The Morgan fingerprint density at radius 2 is 2.11 bits per heavy atom. The summed E-state index contributed by atoms with van der Waals surface area (Å²) in [6.45, 7) is 6.16. The van der Waals surface area contributed by atoms with Crippen molar-refractivity contribution in [3.05, 3.63) is 0 Å². The second-order valence-corrected chi connectivity index (χ2v) is 4.02. The number of nitrogens with zero attached hydrogens (tertiary/aromatic N) is 3. The quantitative estimate of drug-likeness (QED) is 0.335. The Bertz CT molecular complexity index is 272. The molecule has 0 aromatic rings. The second kappa shape index (κ2) is 9.41. The molecule has 0 aromatic heterocycles. The Labute approximate surface area is 107 Å². The fourth-order valence-corrected chi connectivity index (χ4v) is 1.64. The lowest BCUT2D eigenvalue weighted by molar-refractivity contribution is -0.118. The third kappa shape index (κ3) is 6.19. The molecule has 18 heavy (non-hydrogen) atoms. The molecule has 0 bridgehead atoms. The predicted molar refractivity (Wildman–Crippen MR) is 69.5 cm³/mol. The lowest BCUT2D eigenvalue weighted by Crippen LogP contribution is -2.38. The van der Waals surface area contributed by atoms with Gasteiger partial charge in [-0.25, -0.2) is 0 Å². The molecule has 0 saturated heterocycles. The number of carbonyl (C=O) groups is 2. The Morgan fingerprint density at radius 3 is 2.78 bits per heavy atom. The van der Waals surface area contributed by atoms with E-state index in [1.807, 2.05) is 6.34 Å². The third-order valence-corrected chi connectivity index (χ3v) is 2.69. The van der Waals surface area contributed by atoms with E-state index < -0.39 is 0 Å². The van der Waals surface area contributed by atoms with E-state index in [1.54, 1.807) is 4.90 Å². The van der Waals surface area contributed by atoms with Gasteiger partial charge in [-0.15, -0.1) is 0 Å². The summed E-state index contributed by atoms with van der Waals surface area (Å²) in [5, 5.41) is 5.80. The van der Waals surface area contributed by atoms with Crippen molar-refractivity contribution in [1.29, 1.82) is 0 Å². The van der Waals surface area contributed by atoms with Gasteiger partial charge < -0.3 is 20.4 Å². The summed E-state index contributed by atoms with van der Waals surface area (Å²) in [7, 11) is 0. The highest BCUT2D eigenvalue weighted by Crippen LogP contribution is 1.90. The Kier molecular flexibility index (Phi) is 7.54. The molecule has 2 N–H and O–H groups in total. The normalized spacial score (nSPS) is 13.7. The van der Waals surface area contributed by atoms with Crippen molar-refractivity contribution in [1.82, 2.24) is 20.4 Å². The van der Waals surface area contributed by atoms with E-state index in [9.17, 15) is 9.59 Å². The van der Waals surface area contributed by atoms with Gasteiger partial charge in [-0.05, 0) is 0 Å². The minimum atomic E-state index is 0.493. The Hall–Kier alpha value is -1.63. The van der Waals surface area contributed by atoms with Gasteiger partial charge in [0.05, 0.1) is 12.9 Å². The molecule has 0 saturated carbocycles. The zero-order valence-electron chi connectivity index (χ0n) is 10.5. The van der Waals surface area contributed by atoms with Crippen LogP contribution in [0, 0.1) is 0 Å². The Balaban J connectivity index is 1.95. The molecule has 1 aliphatic heterocycles. The van der Waals surface area contributed by atoms with E-state index >= 15 is 0 Å². The zero-order chi connectivity index (χ0) is 13.1. The molecular formula is C11H21N5O2. The average Bonchev–Trinajstić information content (AvgIpc) is 2.89. The van der Waals surface area contributed by atoms with Crippen LogP contribution in [-0.4, -0.2) is 81.3 Å². The summed E-state index contributed by atoms with van der Waals surface area (Å²) >= 11 is 0. The molecule has 2 amide bonds. The molecule has 0 atom stereocenters. The minimum absolute atomic E-state index is 0.493. The smallest absolute Gasteiger partial charge is 0.209 e. The molecule has 0 unspecified atom stereocenters. The molecule has 1 rings (SSSR count). The third-order valence-electron chi connectivity index (χ3n) is 2.69. The summed E-state index contributed by atoms with van der Waals surface area (Å²) in [5.41, 5.74) is 0. The van der Waals surface area contributed by atoms with E-state index in [4.69, 9.17) is 0 Å². The maximum Gasteiger partial charge on any atom is 0.209 e. The number of hydrogen-bond acceptors (Lipinski definition) is 5. The van der Waals surface area contributed by atoms with Crippen molar-refractivity contribution in [2.24, 2.45) is 4.99 Å². The number of carbonyl (C=O) groups excluding carboxylic acids is 2. The van der Waals surface area contributed by atoms with Gasteiger partial charge >= 0.3 is 0 Å². The maximum atomic E-state index is 10.7. The van der Waals surface area contributed by atoms with Crippen LogP contribution in [0.25, 0.3) is 0 Å². The number of rotatable bonds is 11. The van der Waals surface area contributed by atoms with Gasteiger partial charge in [0, 0.05) is 45.8 Å². The van der Waals surface area contributed by atoms with Crippen molar-refractivity contribution < 1.29 is 9.59 Å². The molecule has 0 spiro atoms. The van der Waals surface area contributed by atoms with Crippen LogP contribution in [0.5, 0.6) is 0 Å². The van der Waals surface area contributed by atoms with Crippen LogP contribution in [0.3, 0.4) is 0 Å². The molecule has 1 aliphatic rings. The number of nitrogens with one attached hydrogen (secondary N) is 2. The fraction of sp³-hybridized carbons (Fsp3) is 0.727. The lowest BCUT2D eigenvalue weighted by atomic mass is 10.4. The minimum Gasteiger partial charge on any atom is -0.360 e. The van der Waals surface area contributed by atoms with Crippen molar-refractivity contribution in [3.8, 4) is 0 Å². The summed E-state index contributed by atoms with van der Waals surface area (Å²) in [6, 6.07) is 0. The maximum absolute atomic E-state index is 10.7. The molecule has 7 heteroatoms. The zero-order valence-corrected chi connectivity index (χ0v) is 10.5. The summed E-state index contributed by atoms with van der Waals surface area (Å²) in [6.07, 6.45) is 3.32.